The molecule has 0 N–H and O–H groups in total. The summed E-state index contributed by atoms with van der Waals surface area (Å²) in [5.74, 6) is 2.14. The maximum atomic E-state index is 6.63. The molecule has 0 bridgehead atoms. The van der Waals surface area contributed by atoms with Crippen LogP contribution in [0, 0.1) is 28.3 Å². The Bertz CT molecular complexity index is 2650. The number of nitrogens with zero attached hydrogens (tertiary/aromatic N) is 4. The van der Waals surface area contributed by atoms with E-state index >= 15 is 0 Å². The summed E-state index contributed by atoms with van der Waals surface area (Å²) in [4.78, 5) is 7.21. The zero-order chi connectivity index (χ0) is 36.9. The first-order valence-electron chi connectivity index (χ1n) is 18.3. The summed E-state index contributed by atoms with van der Waals surface area (Å²) in [5, 5.41) is 0. The normalized spacial score (nSPS) is 16.3. The van der Waals surface area contributed by atoms with Gasteiger partial charge in [0.25, 0.3) is 0 Å². The topological polar surface area (TPSA) is 35.2 Å². The summed E-state index contributed by atoms with van der Waals surface area (Å²) in [6.45, 7) is 16.7. The Balaban J connectivity index is 1.14. The number of benzene rings is 5. The van der Waals surface area contributed by atoms with Crippen molar-refractivity contribution in [2.24, 2.45) is 5.41 Å². The fourth-order valence-corrected chi connectivity index (χ4v) is 9.80. The summed E-state index contributed by atoms with van der Waals surface area (Å²) >= 11 is 2.41. The van der Waals surface area contributed by atoms with Crippen molar-refractivity contribution in [1.82, 2.24) is 14.1 Å². The van der Waals surface area contributed by atoms with Gasteiger partial charge >= 0.3 is 225 Å². The molecule has 0 radical (unpaired) electrons. The van der Waals surface area contributed by atoms with Crippen molar-refractivity contribution in [3.05, 3.63) is 159 Å². The van der Waals surface area contributed by atoms with E-state index in [1.807, 2.05) is 30.5 Å². The smallest absolute Gasteiger partial charge is 0.0582 e. The average Bonchev–Trinajstić information content (AvgIpc) is 3.49. The fourth-order valence-electron chi connectivity index (χ4n) is 8.68. The van der Waals surface area contributed by atoms with Crippen molar-refractivity contribution in [2.45, 2.75) is 65.7 Å². The van der Waals surface area contributed by atoms with Gasteiger partial charge < -0.3 is 0 Å². The minimum atomic E-state index is -0.0305. The maximum absolute atomic E-state index is 6.63. The van der Waals surface area contributed by atoms with E-state index in [0.717, 1.165) is 49.7 Å². The molecule has 0 fully saturated rings. The van der Waals surface area contributed by atoms with E-state index in [2.05, 4.69) is 179 Å². The third-order valence-corrected chi connectivity index (χ3v) is 13.6. The number of rotatable bonds is 5. The van der Waals surface area contributed by atoms with Crippen LogP contribution in [0.3, 0.4) is 0 Å². The molecule has 0 unspecified atom stereocenters. The summed E-state index contributed by atoms with van der Waals surface area (Å²) in [7, 11) is 0. The van der Waals surface area contributed by atoms with Gasteiger partial charge in [-0.25, -0.2) is 0 Å². The van der Waals surface area contributed by atoms with Gasteiger partial charge in [-0.2, -0.15) is 0 Å². The van der Waals surface area contributed by atoms with Crippen molar-refractivity contribution in [1.29, 1.82) is 0 Å². The predicted octanol–water partition coefficient (Wildman–Crippen LogP) is 11.6. The number of para-hydroxylation sites is 3. The van der Waals surface area contributed by atoms with Crippen LogP contribution >= 0.6 is 0 Å². The minimum Gasteiger partial charge on any atom is -0.0582 e. The molecule has 3 heterocycles. The number of hydrogen-bond donors (Lipinski definition) is 0. The number of aryl methyl sites for hydroxylation is 1. The SMILES string of the molecule is Cc1ccnc(N2c3[c-]c(Oc4[c-]c(-n5[c](=[Pt])n(-c6ccccc6)c6ccccc65)ccc4)ccc3Cc3c2ccc2c3C(C)(C)C(C)(C)C2(C)C)c1. The van der Waals surface area contributed by atoms with Gasteiger partial charge in [-0.1, -0.05) is 47.6 Å². The Kier molecular flexibility index (Phi) is 7.67. The Morgan fingerprint density at radius 1 is 0.717 bits per heavy atom. The van der Waals surface area contributed by atoms with Gasteiger partial charge in [-0.05, 0) is 45.9 Å². The zero-order valence-corrected chi connectivity index (χ0v) is 33.5. The van der Waals surface area contributed by atoms with E-state index in [0.29, 0.717) is 11.5 Å². The molecule has 0 atom stereocenters. The van der Waals surface area contributed by atoms with Gasteiger partial charge in [0, 0.05) is 6.20 Å². The number of aromatic nitrogens is 3. The number of pyridine rings is 1. The molecule has 268 valence electrons. The second-order valence-corrected chi connectivity index (χ2v) is 17.0. The summed E-state index contributed by atoms with van der Waals surface area (Å²) in [5.41, 5.74) is 13.1. The van der Waals surface area contributed by atoms with Crippen LogP contribution < -0.4 is 9.64 Å². The molecule has 0 saturated heterocycles. The van der Waals surface area contributed by atoms with E-state index in [1.54, 1.807) is 0 Å². The first-order chi connectivity index (χ1) is 25.4. The molecule has 0 spiro atoms. The molecule has 2 aliphatic rings. The second kappa shape index (κ2) is 12.0. The van der Waals surface area contributed by atoms with E-state index in [9.17, 15) is 0 Å². The van der Waals surface area contributed by atoms with E-state index in [4.69, 9.17) is 9.72 Å². The Hall–Kier alpha value is -4.99. The predicted molar refractivity (Wildman–Crippen MR) is 210 cm³/mol. The number of imidazole rings is 1. The van der Waals surface area contributed by atoms with E-state index < -0.39 is 0 Å². The molecule has 0 saturated carbocycles. The standard InChI is InChI=1S/C47H42N4O.Pt/c1-31-24-25-48-43(26-31)51-39-23-22-38-44(46(4,5)47(6,7)45(38,2)3)37(39)27-32-20-21-36(29-42(32)51)52-35-17-13-16-34(28-35)50-30-49(33-14-9-8-10-15-33)40-18-11-12-19-41(40)50;/h8-26H,27H2,1-7H3;/q-2;. The number of fused-ring (bicyclic) bond motifs is 5. The molecule has 1 aliphatic carbocycles. The van der Waals surface area contributed by atoms with Gasteiger partial charge in [0.05, 0.1) is 0 Å². The first kappa shape index (κ1) is 33.8. The second-order valence-electron chi connectivity index (χ2n) is 16.0. The zero-order valence-electron chi connectivity index (χ0n) is 31.2. The van der Waals surface area contributed by atoms with Crippen molar-refractivity contribution < 1.29 is 24.1 Å². The summed E-state index contributed by atoms with van der Waals surface area (Å²) in [6, 6.07) is 45.4. The Morgan fingerprint density at radius 2 is 1.43 bits per heavy atom. The molecule has 5 aromatic carbocycles. The number of anilines is 3. The van der Waals surface area contributed by atoms with Crippen LogP contribution in [0.25, 0.3) is 22.4 Å². The van der Waals surface area contributed by atoms with E-state index in [1.165, 1.54) is 27.9 Å². The summed E-state index contributed by atoms with van der Waals surface area (Å²) < 4.78 is 12.2. The first-order valence-corrected chi connectivity index (χ1v) is 19.4. The molecular formula is C47H42N4OPt-2. The van der Waals surface area contributed by atoms with Gasteiger partial charge in [0.2, 0.25) is 0 Å². The molecule has 6 heteroatoms. The van der Waals surface area contributed by atoms with Gasteiger partial charge in [-0.3, -0.25) is 0 Å². The van der Waals surface area contributed by atoms with Crippen molar-refractivity contribution >= 4 is 28.2 Å². The Morgan fingerprint density at radius 3 is 2.19 bits per heavy atom. The molecule has 53 heavy (non-hydrogen) atoms. The van der Waals surface area contributed by atoms with Crippen molar-refractivity contribution in [2.75, 3.05) is 4.90 Å². The molecule has 2 aromatic heterocycles. The van der Waals surface area contributed by atoms with Crippen LogP contribution in [-0.4, -0.2) is 14.1 Å². The molecule has 9 rings (SSSR count). The van der Waals surface area contributed by atoms with Crippen molar-refractivity contribution in [3.63, 3.8) is 0 Å². The molecule has 7 aromatic rings. The molecule has 5 nitrogen and oxygen atoms in total. The van der Waals surface area contributed by atoms with Crippen LogP contribution in [0.5, 0.6) is 11.5 Å². The van der Waals surface area contributed by atoms with Crippen LogP contribution in [0.1, 0.15) is 69.4 Å². The molecule has 0 amide bonds. The van der Waals surface area contributed by atoms with Crippen molar-refractivity contribution in [3.8, 4) is 22.9 Å². The van der Waals surface area contributed by atoms with E-state index in [-0.39, 0.29) is 16.2 Å². The van der Waals surface area contributed by atoms with Gasteiger partial charge in [0.1, 0.15) is 0 Å². The monoisotopic (exact) mass is 873 g/mol. The fraction of sp³-hybridized carbons (Fsp3) is 0.234. The van der Waals surface area contributed by atoms with Crippen LogP contribution in [0.2, 0.25) is 0 Å². The molecular weight excluding hydrogens is 832 g/mol. The third-order valence-electron chi connectivity index (χ3n) is 12.6. The minimum absolute atomic E-state index is 0.0231. The number of hydrogen-bond acceptors (Lipinski definition) is 3. The summed E-state index contributed by atoms with van der Waals surface area (Å²) in [6.07, 6.45) is 2.72. The Labute approximate surface area is 322 Å². The average molecular weight is 874 g/mol. The van der Waals surface area contributed by atoms with Crippen LogP contribution in [-0.2, 0) is 36.6 Å². The molecule has 1 aliphatic heterocycles. The third kappa shape index (κ3) is 5.00. The quantitative estimate of drug-likeness (QED) is 0.162. The van der Waals surface area contributed by atoms with Crippen LogP contribution in [0.4, 0.5) is 17.2 Å². The van der Waals surface area contributed by atoms with Gasteiger partial charge in [0.15, 0.2) is 0 Å². The van der Waals surface area contributed by atoms with Gasteiger partial charge in [-0.15, -0.1) is 0 Å². The number of ether oxygens (including phenoxy) is 1. The van der Waals surface area contributed by atoms with Crippen LogP contribution in [0.15, 0.2) is 115 Å².